The first-order valence-corrected chi connectivity index (χ1v) is 11.0. The number of aromatic nitrogens is 2. The Morgan fingerprint density at radius 1 is 1.23 bits per heavy atom. The van der Waals surface area contributed by atoms with Crippen LogP contribution in [0.15, 0.2) is 30.3 Å². The number of carbonyl (C=O) groups is 3. The summed E-state index contributed by atoms with van der Waals surface area (Å²) in [4.78, 5) is 39.6. The lowest BCUT2D eigenvalue weighted by Crippen LogP contribution is -2.52. The average molecular weight is 430 g/mol. The number of benzene rings is 1. The maximum absolute atomic E-state index is 13.0. The van der Waals surface area contributed by atoms with Crippen molar-refractivity contribution in [3.8, 4) is 11.3 Å². The van der Waals surface area contributed by atoms with E-state index in [1.54, 1.807) is 11.8 Å². The van der Waals surface area contributed by atoms with E-state index in [-0.39, 0.29) is 23.6 Å². The highest BCUT2D eigenvalue weighted by Gasteiger charge is 2.37. The summed E-state index contributed by atoms with van der Waals surface area (Å²) in [6, 6.07) is 8.25. The van der Waals surface area contributed by atoms with Crippen LogP contribution in [0, 0.1) is 5.92 Å². The topological polar surface area (TPSA) is 104 Å². The van der Waals surface area contributed by atoms with Crippen LogP contribution in [0.5, 0.6) is 0 Å². The van der Waals surface area contributed by atoms with Gasteiger partial charge in [0, 0.05) is 29.6 Å². The van der Waals surface area contributed by atoms with Gasteiger partial charge in [0.15, 0.2) is 0 Å². The first-order chi connectivity index (χ1) is 14.4. The van der Waals surface area contributed by atoms with Gasteiger partial charge in [-0.25, -0.2) is 0 Å². The number of likely N-dealkylation sites (tertiary alicyclic amines) is 1. The Kier molecular flexibility index (Phi) is 7.15. The molecule has 0 unspecified atom stereocenters. The summed E-state index contributed by atoms with van der Waals surface area (Å²) in [5.74, 6) is -0.811. The predicted octanol–water partition coefficient (Wildman–Crippen LogP) is 2.69. The highest BCUT2D eigenvalue weighted by Crippen LogP contribution is 2.29. The molecule has 1 aromatic carbocycles. The Bertz CT molecular complexity index is 901. The average Bonchev–Trinajstić information content (AvgIpc) is 3.42. The van der Waals surface area contributed by atoms with E-state index in [4.69, 9.17) is 0 Å². The van der Waals surface area contributed by atoms with Gasteiger partial charge in [-0.05, 0) is 26.2 Å². The van der Waals surface area contributed by atoms with Gasteiger partial charge in [0.1, 0.15) is 22.8 Å². The lowest BCUT2D eigenvalue weighted by Gasteiger charge is -2.27. The van der Waals surface area contributed by atoms with Gasteiger partial charge in [-0.1, -0.05) is 48.7 Å². The third-order valence-electron chi connectivity index (χ3n) is 5.40. The molecular formula is C21H27N5O3S. The van der Waals surface area contributed by atoms with Crippen LogP contribution in [0.3, 0.4) is 0 Å². The van der Waals surface area contributed by atoms with Gasteiger partial charge in [-0.3, -0.25) is 14.4 Å². The molecule has 1 aromatic heterocycles. The number of anilines is 1. The van der Waals surface area contributed by atoms with Crippen LogP contribution in [-0.2, 0) is 14.4 Å². The highest BCUT2D eigenvalue weighted by molar-refractivity contribution is 7.10. The fraction of sp³-hybridized carbons (Fsp3) is 0.476. The number of nitrogens with one attached hydrogen (secondary N) is 2. The fourth-order valence-corrected chi connectivity index (χ4v) is 4.00. The van der Waals surface area contributed by atoms with Crippen molar-refractivity contribution in [1.82, 2.24) is 19.8 Å². The number of carbonyl (C=O) groups excluding carboxylic acids is 3. The van der Waals surface area contributed by atoms with Gasteiger partial charge in [-0.15, -0.1) is 5.10 Å². The van der Waals surface area contributed by atoms with E-state index in [1.165, 1.54) is 0 Å². The zero-order chi connectivity index (χ0) is 21.7. The van der Waals surface area contributed by atoms with Gasteiger partial charge in [0.05, 0.1) is 0 Å². The Hall–Kier alpha value is -2.81. The first kappa shape index (κ1) is 21.9. The number of nitrogens with zero attached hydrogens (tertiary/aromatic N) is 3. The van der Waals surface area contributed by atoms with Crippen LogP contribution >= 0.6 is 11.5 Å². The standard InChI is InChI=1S/C21H27N5O3S/c1-4-13(2)18(27)22-14(3)21(29)26-12-8-11-16(26)19(28)23-20-17(24-25-30-20)15-9-6-5-7-10-15/h5-7,9-10,13-14,16H,4,8,11-12H2,1-3H3,(H,22,27)(H,23,28)/t13-,14+,16+/m1/s1. The summed E-state index contributed by atoms with van der Waals surface area (Å²) >= 11 is 1.11. The van der Waals surface area contributed by atoms with Gasteiger partial charge in [0.25, 0.3) is 0 Å². The Morgan fingerprint density at radius 3 is 2.67 bits per heavy atom. The van der Waals surface area contributed by atoms with Crippen molar-refractivity contribution < 1.29 is 14.4 Å². The second-order valence-electron chi connectivity index (χ2n) is 7.54. The minimum atomic E-state index is -0.676. The summed E-state index contributed by atoms with van der Waals surface area (Å²) in [5.41, 5.74) is 1.47. The molecule has 0 saturated carbocycles. The van der Waals surface area contributed by atoms with Crippen LogP contribution in [0.2, 0.25) is 0 Å². The van der Waals surface area contributed by atoms with Crippen molar-refractivity contribution in [1.29, 1.82) is 0 Å². The van der Waals surface area contributed by atoms with Crippen LogP contribution in [0.4, 0.5) is 5.00 Å². The Labute approximate surface area is 180 Å². The summed E-state index contributed by atoms with van der Waals surface area (Å²) in [5, 5.41) is 10.3. The van der Waals surface area contributed by atoms with E-state index in [2.05, 4.69) is 20.2 Å². The largest absolute Gasteiger partial charge is 0.344 e. The summed E-state index contributed by atoms with van der Waals surface area (Å²) in [6.45, 7) is 5.91. The minimum Gasteiger partial charge on any atom is -0.344 e. The molecule has 2 heterocycles. The zero-order valence-electron chi connectivity index (χ0n) is 17.4. The van der Waals surface area contributed by atoms with Crippen LogP contribution in [0.1, 0.15) is 40.0 Å². The fourth-order valence-electron chi connectivity index (χ4n) is 3.41. The molecule has 0 spiro atoms. The third-order valence-corrected chi connectivity index (χ3v) is 6.04. The van der Waals surface area contributed by atoms with E-state index in [1.807, 2.05) is 44.2 Å². The van der Waals surface area contributed by atoms with Crippen molar-refractivity contribution >= 4 is 34.3 Å². The molecular weight excluding hydrogens is 402 g/mol. The van der Waals surface area contributed by atoms with Crippen molar-refractivity contribution in [2.24, 2.45) is 5.92 Å². The molecule has 8 nitrogen and oxygen atoms in total. The smallest absolute Gasteiger partial charge is 0.247 e. The van der Waals surface area contributed by atoms with Crippen molar-refractivity contribution in [2.75, 3.05) is 11.9 Å². The highest BCUT2D eigenvalue weighted by atomic mass is 32.1. The lowest BCUT2D eigenvalue weighted by atomic mass is 10.1. The summed E-state index contributed by atoms with van der Waals surface area (Å²) in [7, 11) is 0. The van der Waals surface area contributed by atoms with Gasteiger partial charge >= 0.3 is 0 Å². The zero-order valence-corrected chi connectivity index (χ0v) is 18.2. The van der Waals surface area contributed by atoms with Crippen LogP contribution < -0.4 is 10.6 Å². The van der Waals surface area contributed by atoms with E-state index in [9.17, 15) is 14.4 Å². The number of amides is 3. The molecule has 2 aromatic rings. The molecule has 30 heavy (non-hydrogen) atoms. The molecule has 160 valence electrons. The molecule has 3 rings (SSSR count). The maximum atomic E-state index is 13.0. The van der Waals surface area contributed by atoms with E-state index < -0.39 is 12.1 Å². The molecule has 2 N–H and O–H groups in total. The molecule has 1 saturated heterocycles. The van der Waals surface area contributed by atoms with Crippen LogP contribution in [0.25, 0.3) is 11.3 Å². The maximum Gasteiger partial charge on any atom is 0.247 e. The molecule has 1 aliphatic rings. The molecule has 3 amide bonds. The Balaban J connectivity index is 1.67. The van der Waals surface area contributed by atoms with Gasteiger partial charge < -0.3 is 15.5 Å². The second kappa shape index (κ2) is 9.80. The van der Waals surface area contributed by atoms with Crippen LogP contribution in [-0.4, -0.2) is 50.8 Å². The van der Waals surface area contributed by atoms with E-state index in [0.717, 1.165) is 23.5 Å². The summed E-state index contributed by atoms with van der Waals surface area (Å²) < 4.78 is 3.97. The molecule has 0 bridgehead atoms. The SMILES string of the molecule is CC[C@@H](C)C(=O)N[C@@H](C)C(=O)N1CCC[C@H]1C(=O)Nc1snnc1-c1ccccc1. The quantitative estimate of drug-likeness (QED) is 0.704. The first-order valence-electron chi connectivity index (χ1n) is 10.2. The molecule has 9 heteroatoms. The number of hydrogen-bond acceptors (Lipinski definition) is 6. The predicted molar refractivity (Wildman–Crippen MR) is 116 cm³/mol. The van der Waals surface area contributed by atoms with Crippen molar-refractivity contribution in [2.45, 2.75) is 52.1 Å². The normalized spacial score (nSPS) is 18.0. The molecule has 0 aliphatic carbocycles. The molecule has 3 atom stereocenters. The molecule has 1 aliphatic heterocycles. The number of hydrogen-bond donors (Lipinski definition) is 2. The third kappa shape index (κ3) is 4.84. The number of rotatable bonds is 7. The van der Waals surface area contributed by atoms with E-state index >= 15 is 0 Å². The van der Waals surface area contributed by atoms with E-state index in [0.29, 0.717) is 30.1 Å². The van der Waals surface area contributed by atoms with Gasteiger partial charge in [-0.2, -0.15) is 0 Å². The lowest BCUT2D eigenvalue weighted by molar-refractivity contribution is -0.140. The van der Waals surface area contributed by atoms with Crippen molar-refractivity contribution in [3.05, 3.63) is 30.3 Å². The summed E-state index contributed by atoms with van der Waals surface area (Å²) in [6.07, 6.45) is 2.02. The molecule has 1 fully saturated rings. The minimum absolute atomic E-state index is 0.151. The second-order valence-corrected chi connectivity index (χ2v) is 8.29. The Morgan fingerprint density at radius 2 is 1.97 bits per heavy atom. The van der Waals surface area contributed by atoms with Gasteiger partial charge in [0.2, 0.25) is 17.7 Å². The monoisotopic (exact) mass is 429 g/mol. The molecule has 0 radical (unpaired) electrons. The van der Waals surface area contributed by atoms with Crippen molar-refractivity contribution in [3.63, 3.8) is 0 Å².